The molecular weight excluding hydrogens is 352 g/mol. The van der Waals surface area contributed by atoms with Crippen LogP contribution in [0.3, 0.4) is 0 Å². The third-order valence-corrected chi connectivity index (χ3v) is 4.03. The standard InChI is InChI=1S/C18H20N4O5/c1-21-16(23)7-6-15(20-21)18(25)19-13-2-4-14(5-3-13)27-12-17(24)22-8-10-26-11-9-22/h2-7H,8-12H2,1H3,(H,19,25). The Labute approximate surface area is 155 Å². The number of aromatic nitrogens is 2. The van der Waals surface area contributed by atoms with E-state index in [4.69, 9.17) is 9.47 Å². The minimum absolute atomic E-state index is 0.0479. The van der Waals surface area contributed by atoms with Gasteiger partial charge in [0, 0.05) is 31.9 Å². The first kappa shape index (κ1) is 18.6. The Morgan fingerprint density at radius 2 is 1.85 bits per heavy atom. The van der Waals surface area contributed by atoms with Crippen LogP contribution in [0.4, 0.5) is 5.69 Å². The van der Waals surface area contributed by atoms with E-state index in [0.29, 0.717) is 37.7 Å². The fourth-order valence-electron chi connectivity index (χ4n) is 2.50. The van der Waals surface area contributed by atoms with Crippen LogP contribution in [0.15, 0.2) is 41.2 Å². The van der Waals surface area contributed by atoms with Gasteiger partial charge in [0.1, 0.15) is 11.4 Å². The van der Waals surface area contributed by atoms with Crippen molar-refractivity contribution in [2.24, 2.45) is 7.05 Å². The van der Waals surface area contributed by atoms with Crippen LogP contribution in [0.25, 0.3) is 0 Å². The molecule has 1 N–H and O–H groups in total. The summed E-state index contributed by atoms with van der Waals surface area (Å²) in [5.41, 5.74) is 0.385. The van der Waals surface area contributed by atoms with E-state index in [1.807, 2.05) is 0 Å². The number of amides is 2. The van der Waals surface area contributed by atoms with E-state index in [-0.39, 0.29) is 23.8 Å². The lowest BCUT2D eigenvalue weighted by Gasteiger charge is -2.26. The molecule has 0 unspecified atom stereocenters. The first-order chi connectivity index (χ1) is 13.0. The molecule has 0 aliphatic carbocycles. The summed E-state index contributed by atoms with van der Waals surface area (Å²) in [4.78, 5) is 37.2. The van der Waals surface area contributed by atoms with Gasteiger partial charge in [-0.2, -0.15) is 5.10 Å². The third-order valence-electron chi connectivity index (χ3n) is 4.03. The second-order valence-electron chi connectivity index (χ2n) is 5.94. The maximum Gasteiger partial charge on any atom is 0.276 e. The van der Waals surface area contributed by atoms with E-state index in [0.717, 1.165) is 4.68 Å². The number of ether oxygens (including phenoxy) is 2. The van der Waals surface area contributed by atoms with Gasteiger partial charge >= 0.3 is 0 Å². The fourth-order valence-corrected chi connectivity index (χ4v) is 2.50. The Hall–Kier alpha value is -3.20. The topological polar surface area (TPSA) is 103 Å². The lowest BCUT2D eigenvalue weighted by molar-refractivity contribution is -0.137. The first-order valence-corrected chi connectivity index (χ1v) is 8.47. The van der Waals surface area contributed by atoms with Crippen molar-refractivity contribution < 1.29 is 19.1 Å². The largest absolute Gasteiger partial charge is 0.484 e. The molecule has 0 bridgehead atoms. The Morgan fingerprint density at radius 1 is 1.15 bits per heavy atom. The number of hydrogen-bond acceptors (Lipinski definition) is 6. The van der Waals surface area contributed by atoms with Gasteiger partial charge in [0.05, 0.1) is 13.2 Å². The maximum atomic E-state index is 12.2. The van der Waals surface area contributed by atoms with Gasteiger partial charge in [-0.1, -0.05) is 0 Å². The summed E-state index contributed by atoms with van der Waals surface area (Å²) in [5, 5.41) is 6.58. The third kappa shape index (κ3) is 4.91. The van der Waals surface area contributed by atoms with Gasteiger partial charge in [-0.15, -0.1) is 0 Å². The molecule has 0 radical (unpaired) electrons. The zero-order chi connectivity index (χ0) is 19.2. The summed E-state index contributed by atoms with van der Waals surface area (Å²) in [6.07, 6.45) is 0. The zero-order valence-corrected chi connectivity index (χ0v) is 14.9. The summed E-state index contributed by atoms with van der Waals surface area (Å²) in [6, 6.07) is 9.30. The highest BCUT2D eigenvalue weighted by Crippen LogP contribution is 2.16. The van der Waals surface area contributed by atoms with Crippen molar-refractivity contribution in [1.29, 1.82) is 0 Å². The number of morpholine rings is 1. The van der Waals surface area contributed by atoms with Crippen LogP contribution in [-0.2, 0) is 16.6 Å². The molecule has 1 aliphatic heterocycles. The molecule has 142 valence electrons. The number of nitrogens with one attached hydrogen (secondary N) is 1. The second kappa shape index (κ2) is 8.45. The van der Waals surface area contributed by atoms with Gasteiger partial charge in [0.25, 0.3) is 17.4 Å². The minimum atomic E-state index is -0.429. The number of anilines is 1. The second-order valence-corrected chi connectivity index (χ2v) is 5.94. The highest BCUT2D eigenvalue weighted by Gasteiger charge is 2.17. The van der Waals surface area contributed by atoms with Gasteiger partial charge < -0.3 is 19.7 Å². The molecule has 1 aliphatic rings. The van der Waals surface area contributed by atoms with Gasteiger partial charge in [-0.3, -0.25) is 14.4 Å². The Kier molecular flexibility index (Phi) is 5.82. The normalized spacial score (nSPS) is 13.9. The van der Waals surface area contributed by atoms with Gasteiger partial charge in [0.15, 0.2) is 6.61 Å². The molecule has 9 nitrogen and oxygen atoms in total. The lowest BCUT2D eigenvalue weighted by atomic mass is 10.3. The highest BCUT2D eigenvalue weighted by molar-refractivity contribution is 6.02. The zero-order valence-electron chi connectivity index (χ0n) is 14.9. The number of nitrogens with zero attached hydrogens (tertiary/aromatic N) is 3. The SMILES string of the molecule is Cn1nc(C(=O)Nc2ccc(OCC(=O)N3CCOCC3)cc2)ccc1=O. The van der Waals surface area contributed by atoms with E-state index < -0.39 is 5.91 Å². The molecule has 9 heteroatoms. The van der Waals surface area contributed by atoms with Crippen molar-refractivity contribution in [2.75, 3.05) is 38.2 Å². The van der Waals surface area contributed by atoms with Crippen LogP contribution in [0.1, 0.15) is 10.5 Å². The van der Waals surface area contributed by atoms with Crippen molar-refractivity contribution in [3.8, 4) is 5.75 Å². The summed E-state index contributed by atoms with van der Waals surface area (Å²) in [5.74, 6) is 0.00745. The summed E-state index contributed by atoms with van der Waals surface area (Å²) in [7, 11) is 1.48. The molecule has 2 amide bonds. The van der Waals surface area contributed by atoms with Crippen molar-refractivity contribution in [1.82, 2.24) is 14.7 Å². The summed E-state index contributed by atoms with van der Waals surface area (Å²) >= 11 is 0. The van der Waals surface area contributed by atoms with Crippen LogP contribution in [0.2, 0.25) is 0 Å². The van der Waals surface area contributed by atoms with Crippen LogP contribution in [-0.4, -0.2) is 59.4 Å². The monoisotopic (exact) mass is 372 g/mol. The van der Waals surface area contributed by atoms with E-state index in [1.54, 1.807) is 29.2 Å². The molecular formula is C18H20N4O5. The molecule has 2 heterocycles. The molecule has 2 aromatic rings. The van der Waals surface area contributed by atoms with E-state index in [2.05, 4.69) is 10.4 Å². The van der Waals surface area contributed by atoms with E-state index in [1.165, 1.54) is 19.2 Å². The van der Waals surface area contributed by atoms with E-state index in [9.17, 15) is 14.4 Å². The fraction of sp³-hybridized carbons (Fsp3) is 0.333. The van der Waals surface area contributed by atoms with Crippen molar-refractivity contribution in [3.63, 3.8) is 0 Å². The lowest BCUT2D eigenvalue weighted by Crippen LogP contribution is -2.42. The molecule has 0 atom stereocenters. The van der Waals surface area contributed by atoms with Gasteiger partial charge in [-0.05, 0) is 30.3 Å². The quantitative estimate of drug-likeness (QED) is 0.808. The minimum Gasteiger partial charge on any atom is -0.484 e. The summed E-state index contributed by atoms with van der Waals surface area (Å²) < 4.78 is 11.8. The van der Waals surface area contributed by atoms with Crippen molar-refractivity contribution in [3.05, 3.63) is 52.4 Å². The number of carbonyl (C=O) groups is 2. The molecule has 1 aromatic heterocycles. The average molecular weight is 372 g/mol. The smallest absolute Gasteiger partial charge is 0.276 e. The predicted molar refractivity (Wildman–Crippen MR) is 96.8 cm³/mol. The van der Waals surface area contributed by atoms with Crippen LogP contribution >= 0.6 is 0 Å². The summed E-state index contributed by atoms with van der Waals surface area (Å²) in [6.45, 7) is 2.20. The van der Waals surface area contributed by atoms with Crippen molar-refractivity contribution >= 4 is 17.5 Å². The van der Waals surface area contributed by atoms with Crippen LogP contribution in [0.5, 0.6) is 5.75 Å². The maximum absolute atomic E-state index is 12.2. The van der Waals surface area contributed by atoms with E-state index >= 15 is 0 Å². The highest BCUT2D eigenvalue weighted by atomic mass is 16.5. The molecule has 3 rings (SSSR count). The van der Waals surface area contributed by atoms with Crippen LogP contribution < -0.4 is 15.6 Å². The number of benzene rings is 1. The van der Waals surface area contributed by atoms with Gasteiger partial charge in [-0.25, -0.2) is 4.68 Å². The average Bonchev–Trinajstić information content (AvgIpc) is 2.70. The number of aryl methyl sites for hydroxylation is 1. The van der Waals surface area contributed by atoms with Crippen LogP contribution in [0, 0.1) is 0 Å². The van der Waals surface area contributed by atoms with Crippen molar-refractivity contribution in [2.45, 2.75) is 0 Å². The molecule has 1 fully saturated rings. The Bertz CT molecular complexity index is 872. The van der Waals surface area contributed by atoms with Gasteiger partial charge in [0.2, 0.25) is 0 Å². The predicted octanol–water partition coefficient (Wildman–Crippen LogP) is 0.270. The molecule has 0 saturated carbocycles. The molecule has 1 aromatic carbocycles. The molecule has 1 saturated heterocycles. The molecule has 27 heavy (non-hydrogen) atoms. The Morgan fingerprint density at radius 3 is 2.52 bits per heavy atom. The first-order valence-electron chi connectivity index (χ1n) is 8.47. The molecule has 0 spiro atoms. The number of rotatable bonds is 5. The Balaban J connectivity index is 1.53. The number of hydrogen-bond donors (Lipinski definition) is 1. The number of carbonyl (C=O) groups excluding carboxylic acids is 2.